The lowest BCUT2D eigenvalue weighted by atomic mass is 9.99. The molecule has 1 N–H and O–H groups in total. The highest BCUT2D eigenvalue weighted by molar-refractivity contribution is 5.78. The minimum absolute atomic E-state index is 0.0485. The Hall–Kier alpha value is -2.41. The highest BCUT2D eigenvalue weighted by Crippen LogP contribution is 2.21. The van der Waals surface area contributed by atoms with Crippen molar-refractivity contribution in [1.29, 1.82) is 0 Å². The fourth-order valence-corrected chi connectivity index (χ4v) is 3.82. The molecule has 0 spiro atoms. The van der Waals surface area contributed by atoms with Crippen molar-refractivity contribution in [2.45, 2.75) is 44.7 Å². The van der Waals surface area contributed by atoms with E-state index in [0.29, 0.717) is 18.8 Å². The van der Waals surface area contributed by atoms with Crippen LogP contribution < -0.4 is 10.5 Å². The Labute approximate surface area is 159 Å². The molecule has 146 valence electrons. The summed E-state index contributed by atoms with van der Waals surface area (Å²) < 4.78 is 1.65. The Morgan fingerprint density at radius 1 is 1.30 bits per heavy atom. The smallest absolute Gasteiger partial charge is 0.293 e. The summed E-state index contributed by atoms with van der Waals surface area (Å²) in [6.07, 6.45) is 3.91. The highest BCUT2D eigenvalue weighted by atomic mass is 16.3. The molecule has 7 nitrogen and oxygen atoms in total. The van der Waals surface area contributed by atoms with Crippen molar-refractivity contribution in [2.75, 3.05) is 32.1 Å². The Morgan fingerprint density at radius 2 is 2.07 bits per heavy atom. The summed E-state index contributed by atoms with van der Waals surface area (Å²) in [5, 5.41) is 9.27. The summed E-state index contributed by atoms with van der Waals surface area (Å²) in [6.45, 7) is 1.15. The fourth-order valence-electron chi connectivity index (χ4n) is 3.82. The molecule has 0 saturated carbocycles. The predicted octanol–water partition coefficient (Wildman–Crippen LogP) is 1.62. The van der Waals surface area contributed by atoms with E-state index in [1.807, 2.05) is 29.2 Å². The van der Waals surface area contributed by atoms with Gasteiger partial charge in [-0.15, -0.1) is 0 Å². The number of rotatable bonds is 6. The maximum Gasteiger partial charge on any atom is 0.293 e. The highest BCUT2D eigenvalue weighted by Gasteiger charge is 2.26. The Kier molecular flexibility index (Phi) is 6.11. The van der Waals surface area contributed by atoms with Crippen LogP contribution in [0.5, 0.6) is 0 Å². The molecule has 1 fully saturated rings. The second-order valence-corrected chi connectivity index (χ2v) is 7.27. The average Bonchev–Trinajstić information content (AvgIpc) is 2.67. The van der Waals surface area contributed by atoms with Crippen LogP contribution in [0.4, 0.5) is 5.82 Å². The molecule has 0 radical (unpaired) electrons. The van der Waals surface area contributed by atoms with Crippen molar-refractivity contribution in [2.24, 2.45) is 0 Å². The molecule has 3 rings (SSSR count). The molecular weight excluding hydrogens is 344 g/mol. The molecule has 2 heterocycles. The first-order valence-electron chi connectivity index (χ1n) is 9.60. The molecule has 0 aliphatic carbocycles. The standard InChI is InChI=1S/C20H28N4O3/c1-22(2)19-20(27)24(17-9-4-3-8-16(17)21-19)13-10-18(26)23-12-6-5-7-15(23)11-14-25/h3-4,8-9,15,25H,5-7,10-14H2,1-2H3. The third-order valence-electron chi connectivity index (χ3n) is 5.22. The number of aromatic nitrogens is 2. The summed E-state index contributed by atoms with van der Waals surface area (Å²) in [5.74, 6) is 0.421. The van der Waals surface area contributed by atoms with Gasteiger partial charge in [0, 0.05) is 46.3 Å². The van der Waals surface area contributed by atoms with Gasteiger partial charge in [0.25, 0.3) is 5.56 Å². The number of aliphatic hydroxyl groups excluding tert-OH is 1. The van der Waals surface area contributed by atoms with Gasteiger partial charge in [-0.2, -0.15) is 0 Å². The summed E-state index contributed by atoms with van der Waals surface area (Å²) in [6, 6.07) is 7.62. The SMILES string of the molecule is CN(C)c1nc2ccccc2n(CCC(=O)N2CCCCC2CCO)c1=O. The molecule has 7 heteroatoms. The number of amides is 1. The molecule has 1 aromatic heterocycles. The lowest BCUT2D eigenvalue weighted by Gasteiger charge is -2.35. The fraction of sp³-hybridized carbons (Fsp3) is 0.550. The van der Waals surface area contributed by atoms with Gasteiger partial charge in [-0.3, -0.25) is 9.59 Å². The summed E-state index contributed by atoms with van der Waals surface area (Å²) in [7, 11) is 3.59. The van der Waals surface area contributed by atoms with Gasteiger partial charge in [-0.1, -0.05) is 12.1 Å². The minimum Gasteiger partial charge on any atom is -0.396 e. The second-order valence-electron chi connectivity index (χ2n) is 7.27. The third kappa shape index (κ3) is 4.13. The maximum absolute atomic E-state index is 12.9. The lowest BCUT2D eigenvalue weighted by molar-refractivity contribution is -0.135. The third-order valence-corrected chi connectivity index (χ3v) is 5.22. The van der Waals surface area contributed by atoms with Gasteiger partial charge in [-0.25, -0.2) is 4.98 Å². The van der Waals surface area contributed by atoms with Crippen molar-refractivity contribution in [3.05, 3.63) is 34.6 Å². The number of hydrogen-bond acceptors (Lipinski definition) is 5. The van der Waals surface area contributed by atoms with Gasteiger partial charge in [0.1, 0.15) is 0 Å². The molecule has 1 aliphatic heterocycles. The number of carbonyl (C=O) groups is 1. The number of aryl methyl sites for hydroxylation is 1. The van der Waals surface area contributed by atoms with E-state index >= 15 is 0 Å². The molecule has 1 aliphatic rings. The maximum atomic E-state index is 12.9. The zero-order valence-electron chi connectivity index (χ0n) is 16.1. The van der Waals surface area contributed by atoms with Crippen LogP contribution in [0, 0.1) is 0 Å². The largest absolute Gasteiger partial charge is 0.396 e. The van der Waals surface area contributed by atoms with Crippen LogP contribution in [0.15, 0.2) is 29.1 Å². The minimum atomic E-state index is -0.183. The van der Waals surface area contributed by atoms with Gasteiger partial charge in [0.05, 0.1) is 11.0 Å². The number of hydrogen-bond donors (Lipinski definition) is 1. The summed E-state index contributed by atoms with van der Waals surface area (Å²) in [5.41, 5.74) is 1.30. The predicted molar refractivity (Wildman–Crippen MR) is 106 cm³/mol. The van der Waals surface area contributed by atoms with Gasteiger partial charge < -0.3 is 19.5 Å². The van der Waals surface area contributed by atoms with Gasteiger partial charge in [0.2, 0.25) is 5.91 Å². The van der Waals surface area contributed by atoms with Crippen LogP contribution in [0.3, 0.4) is 0 Å². The number of aliphatic hydroxyl groups is 1. The van der Waals surface area contributed by atoms with Crippen LogP contribution >= 0.6 is 0 Å². The van der Waals surface area contributed by atoms with E-state index in [0.717, 1.165) is 36.8 Å². The molecule has 1 atom stereocenters. The van der Waals surface area contributed by atoms with Crippen molar-refractivity contribution >= 4 is 22.8 Å². The van der Waals surface area contributed by atoms with Crippen LogP contribution in [-0.4, -0.2) is 58.8 Å². The zero-order chi connectivity index (χ0) is 19.4. The van der Waals surface area contributed by atoms with Crippen molar-refractivity contribution < 1.29 is 9.90 Å². The first-order valence-corrected chi connectivity index (χ1v) is 9.60. The Morgan fingerprint density at radius 3 is 2.81 bits per heavy atom. The van der Waals surface area contributed by atoms with Crippen molar-refractivity contribution in [1.82, 2.24) is 14.5 Å². The molecule has 1 unspecified atom stereocenters. The molecular formula is C20H28N4O3. The van der Waals surface area contributed by atoms with Crippen LogP contribution in [-0.2, 0) is 11.3 Å². The number of likely N-dealkylation sites (tertiary alicyclic amines) is 1. The van der Waals surface area contributed by atoms with E-state index in [-0.39, 0.29) is 30.5 Å². The zero-order valence-corrected chi connectivity index (χ0v) is 16.1. The monoisotopic (exact) mass is 372 g/mol. The molecule has 2 aromatic rings. The molecule has 27 heavy (non-hydrogen) atoms. The van der Waals surface area contributed by atoms with Gasteiger partial charge in [-0.05, 0) is 37.8 Å². The van der Waals surface area contributed by atoms with Crippen molar-refractivity contribution in [3.63, 3.8) is 0 Å². The normalized spacial score (nSPS) is 17.3. The Balaban J connectivity index is 1.85. The van der Waals surface area contributed by atoms with E-state index in [1.54, 1.807) is 23.6 Å². The first kappa shape index (κ1) is 19.4. The molecule has 1 amide bonds. The van der Waals surface area contributed by atoms with E-state index in [1.165, 1.54) is 0 Å². The van der Waals surface area contributed by atoms with Gasteiger partial charge in [0.15, 0.2) is 5.82 Å². The van der Waals surface area contributed by atoms with E-state index in [2.05, 4.69) is 4.98 Å². The lowest BCUT2D eigenvalue weighted by Crippen LogP contribution is -2.44. The summed E-state index contributed by atoms with van der Waals surface area (Å²) in [4.78, 5) is 33.8. The first-order chi connectivity index (χ1) is 13.0. The summed E-state index contributed by atoms with van der Waals surface area (Å²) >= 11 is 0. The number of piperidine rings is 1. The Bertz CT molecular complexity index is 860. The van der Waals surface area contributed by atoms with E-state index in [4.69, 9.17) is 0 Å². The van der Waals surface area contributed by atoms with E-state index < -0.39 is 0 Å². The van der Waals surface area contributed by atoms with E-state index in [9.17, 15) is 14.7 Å². The van der Waals surface area contributed by atoms with Crippen molar-refractivity contribution in [3.8, 4) is 0 Å². The molecule has 1 aromatic carbocycles. The molecule has 1 saturated heterocycles. The second kappa shape index (κ2) is 8.52. The number of benzene rings is 1. The topological polar surface area (TPSA) is 78.7 Å². The van der Waals surface area contributed by atoms with Crippen LogP contribution in [0.25, 0.3) is 11.0 Å². The van der Waals surface area contributed by atoms with Crippen LogP contribution in [0.2, 0.25) is 0 Å². The number of para-hydroxylation sites is 2. The number of anilines is 1. The number of carbonyl (C=O) groups excluding carboxylic acids is 1. The quantitative estimate of drug-likeness (QED) is 0.834. The molecule has 0 bridgehead atoms. The average molecular weight is 372 g/mol. The van der Waals surface area contributed by atoms with Gasteiger partial charge >= 0.3 is 0 Å². The number of nitrogens with zero attached hydrogens (tertiary/aromatic N) is 4. The number of fused-ring (bicyclic) bond motifs is 1. The van der Waals surface area contributed by atoms with Crippen LogP contribution in [0.1, 0.15) is 32.1 Å².